The highest BCUT2D eigenvalue weighted by atomic mass is 14.7. The summed E-state index contributed by atoms with van der Waals surface area (Å²) >= 11 is 0. The lowest BCUT2D eigenvalue weighted by atomic mass is 9.83. The van der Waals surface area contributed by atoms with Gasteiger partial charge in [0, 0.05) is 6.20 Å². The zero-order valence-corrected chi connectivity index (χ0v) is 11.3. The monoisotopic (exact) mass is 239 g/mol. The Hall–Kier alpha value is -1.63. The lowest BCUT2D eigenvalue weighted by Gasteiger charge is -2.22. The Balaban J connectivity index is 2.21. The van der Waals surface area contributed by atoms with Crippen molar-refractivity contribution in [1.82, 2.24) is 4.98 Å². The number of aromatic nitrogens is 1. The smallest absolute Gasteiger partial charge is 0.0664 e. The van der Waals surface area contributed by atoms with Gasteiger partial charge in [0.05, 0.1) is 5.69 Å². The Kier molecular flexibility index (Phi) is 4.52. The van der Waals surface area contributed by atoms with Crippen LogP contribution >= 0.6 is 0 Å². The van der Waals surface area contributed by atoms with Crippen molar-refractivity contribution in [3.8, 4) is 0 Å². The summed E-state index contributed by atoms with van der Waals surface area (Å²) in [5, 5.41) is 0. The van der Waals surface area contributed by atoms with E-state index in [0.717, 1.165) is 25.0 Å². The summed E-state index contributed by atoms with van der Waals surface area (Å²) in [6.07, 6.45) is 14.3. The second-order valence-electron chi connectivity index (χ2n) is 4.87. The SMILES string of the molecule is CCC=CCC1CC(C)=CC=C1c1ccccn1. The highest BCUT2D eigenvalue weighted by molar-refractivity contribution is 5.68. The first-order chi connectivity index (χ1) is 8.81. The highest BCUT2D eigenvalue weighted by Crippen LogP contribution is 2.33. The zero-order chi connectivity index (χ0) is 12.8. The summed E-state index contributed by atoms with van der Waals surface area (Å²) in [5.41, 5.74) is 3.96. The maximum absolute atomic E-state index is 4.48. The molecule has 0 amide bonds. The molecule has 1 atom stereocenters. The van der Waals surface area contributed by atoms with E-state index >= 15 is 0 Å². The average Bonchev–Trinajstić information content (AvgIpc) is 2.40. The highest BCUT2D eigenvalue weighted by Gasteiger charge is 2.18. The summed E-state index contributed by atoms with van der Waals surface area (Å²) < 4.78 is 0. The molecule has 1 heteroatoms. The third-order valence-electron chi connectivity index (χ3n) is 3.34. The topological polar surface area (TPSA) is 12.9 Å². The predicted octanol–water partition coefficient (Wildman–Crippen LogP) is 4.79. The molecule has 2 rings (SSSR count). The molecule has 0 saturated carbocycles. The Morgan fingerprint density at radius 1 is 1.28 bits per heavy atom. The summed E-state index contributed by atoms with van der Waals surface area (Å²) in [4.78, 5) is 4.48. The van der Waals surface area contributed by atoms with Gasteiger partial charge in [-0.2, -0.15) is 0 Å². The molecular weight excluding hydrogens is 218 g/mol. The molecule has 0 saturated heterocycles. The van der Waals surface area contributed by atoms with E-state index in [-0.39, 0.29) is 0 Å². The molecule has 0 fully saturated rings. The first-order valence-corrected chi connectivity index (χ1v) is 6.75. The third kappa shape index (κ3) is 3.19. The fraction of sp³-hybridized carbons (Fsp3) is 0.353. The first-order valence-electron chi connectivity index (χ1n) is 6.75. The lowest BCUT2D eigenvalue weighted by Crippen LogP contribution is -2.08. The van der Waals surface area contributed by atoms with Crippen molar-refractivity contribution in [3.63, 3.8) is 0 Å². The second kappa shape index (κ2) is 6.34. The van der Waals surface area contributed by atoms with Crippen LogP contribution in [0.25, 0.3) is 5.57 Å². The molecule has 0 aliphatic heterocycles. The minimum Gasteiger partial charge on any atom is -0.257 e. The van der Waals surface area contributed by atoms with E-state index < -0.39 is 0 Å². The fourth-order valence-corrected chi connectivity index (χ4v) is 2.40. The minimum absolute atomic E-state index is 0.577. The molecule has 1 heterocycles. The van der Waals surface area contributed by atoms with Crippen molar-refractivity contribution in [3.05, 3.63) is 60.0 Å². The molecule has 0 radical (unpaired) electrons. The largest absolute Gasteiger partial charge is 0.257 e. The van der Waals surface area contributed by atoms with Gasteiger partial charge in [0.25, 0.3) is 0 Å². The molecular formula is C17H21N. The van der Waals surface area contributed by atoms with Gasteiger partial charge in [0.1, 0.15) is 0 Å². The normalized spacial score (nSPS) is 19.8. The van der Waals surface area contributed by atoms with Crippen LogP contribution in [0.15, 0.2) is 54.3 Å². The molecule has 1 aromatic rings. The molecule has 1 nitrogen and oxygen atoms in total. The standard InChI is InChI=1S/C17H21N/c1-3-4-5-8-15-13-14(2)10-11-16(15)17-9-6-7-12-18-17/h4-7,9-12,15H,3,8,13H2,1-2H3. The van der Waals surface area contributed by atoms with Gasteiger partial charge in [-0.05, 0) is 49.8 Å². The van der Waals surface area contributed by atoms with Gasteiger partial charge in [0.2, 0.25) is 0 Å². The summed E-state index contributed by atoms with van der Waals surface area (Å²) in [5.74, 6) is 0.577. The second-order valence-corrected chi connectivity index (χ2v) is 4.87. The molecule has 0 N–H and O–H groups in total. The van der Waals surface area contributed by atoms with Crippen LogP contribution in [0.1, 0.15) is 38.8 Å². The van der Waals surface area contributed by atoms with E-state index in [2.05, 4.69) is 55.3 Å². The number of hydrogen-bond donors (Lipinski definition) is 0. The molecule has 18 heavy (non-hydrogen) atoms. The molecule has 1 aromatic heterocycles. The van der Waals surface area contributed by atoms with Crippen molar-refractivity contribution in [2.75, 3.05) is 0 Å². The van der Waals surface area contributed by atoms with Crippen LogP contribution in [-0.4, -0.2) is 4.98 Å². The summed E-state index contributed by atoms with van der Waals surface area (Å²) in [6.45, 7) is 4.39. The summed E-state index contributed by atoms with van der Waals surface area (Å²) in [6, 6.07) is 6.14. The van der Waals surface area contributed by atoms with E-state index in [1.807, 2.05) is 12.3 Å². The Bertz CT molecular complexity index is 466. The Morgan fingerprint density at radius 3 is 2.89 bits per heavy atom. The van der Waals surface area contributed by atoms with Crippen LogP contribution in [0.4, 0.5) is 0 Å². The van der Waals surface area contributed by atoms with Gasteiger partial charge in [-0.3, -0.25) is 4.98 Å². The van der Waals surface area contributed by atoms with Crippen LogP contribution in [0.5, 0.6) is 0 Å². The lowest BCUT2D eigenvalue weighted by molar-refractivity contribution is 0.662. The molecule has 1 aliphatic carbocycles. The predicted molar refractivity (Wildman–Crippen MR) is 78.1 cm³/mol. The van der Waals surface area contributed by atoms with Crippen LogP contribution in [0, 0.1) is 5.92 Å². The van der Waals surface area contributed by atoms with Crippen molar-refractivity contribution in [2.45, 2.75) is 33.1 Å². The van der Waals surface area contributed by atoms with E-state index in [4.69, 9.17) is 0 Å². The van der Waals surface area contributed by atoms with Crippen molar-refractivity contribution >= 4 is 5.57 Å². The molecule has 0 aromatic carbocycles. The zero-order valence-electron chi connectivity index (χ0n) is 11.3. The van der Waals surface area contributed by atoms with E-state index in [0.29, 0.717) is 5.92 Å². The Labute approximate surface area is 110 Å². The van der Waals surface area contributed by atoms with Crippen molar-refractivity contribution in [2.24, 2.45) is 5.92 Å². The Morgan fingerprint density at radius 2 is 2.17 bits per heavy atom. The van der Waals surface area contributed by atoms with Crippen LogP contribution < -0.4 is 0 Å². The number of allylic oxidation sites excluding steroid dienone is 6. The van der Waals surface area contributed by atoms with Gasteiger partial charge in [0.15, 0.2) is 0 Å². The van der Waals surface area contributed by atoms with Gasteiger partial charge >= 0.3 is 0 Å². The van der Waals surface area contributed by atoms with E-state index in [1.165, 1.54) is 11.1 Å². The van der Waals surface area contributed by atoms with Crippen molar-refractivity contribution in [1.29, 1.82) is 0 Å². The first kappa shape index (κ1) is 12.8. The van der Waals surface area contributed by atoms with Gasteiger partial charge in [-0.15, -0.1) is 0 Å². The van der Waals surface area contributed by atoms with Crippen LogP contribution in [0.3, 0.4) is 0 Å². The maximum Gasteiger partial charge on any atom is 0.0664 e. The van der Waals surface area contributed by atoms with Gasteiger partial charge in [-0.1, -0.05) is 42.9 Å². The fourth-order valence-electron chi connectivity index (χ4n) is 2.40. The van der Waals surface area contributed by atoms with Crippen LogP contribution in [0.2, 0.25) is 0 Å². The van der Waals surface area contributed by atoms with Gasteiger partial charge < -0.3 is 0 Å². The molecule has 0 spiro atoms. The quantitative estimate of drug-likeness (QED) is 0.688. The number of hydrogen-bond acceptors (Lipinski definition) is 1. The molecule has 1 aliphatic rings. The van der Waals surface area contributed by atoms with E-state index in [1.54, 1.807) is 0 Å². The average molecular weight is 239 g/mol. The minimum atomic E-state index is 0.577. The third-order valence-corrected chi connectivity index (χ3v) is 3.34. The van der Waals surface area contributed by atoms with Crippen molar-refractivity contribution < 1.29 is 0 Å². The summed E-state index contributed by atoms with van der Waals surface area (Å²) in [7, 11) is 0. The molecule has 0 bridgehead atoms. The van der Waals surface area contributed by atoms with Crippen LogP contribution in [-0.2, 0) is 0 Å². The van der Waals surface area contributed by atoms with E-state index in [9.17, 15) is 0 Å². The maximum atomic E-state index is 4.48. The molecule has 1 unspecified atom stereocenters. The molecule has 94 valence electrons. The van der Waals surface area contributed by atoms with Gasteiger partial charge in [-0.25, -0.2) is 0 Å². The number of nitrogens with zero attached hydrogens (tertiary/aromatic N) is 1. The number of pyridine rings is 1. The number of rotatable bonds is 4.